The van der Waals surface area contributed by atoms with E-state index in [1.807, 2.05) is 6.92 Å². The molecule has 0 aliphatic carbocycles. The number of carbonyl (C=O) groups excluding carboxylic acids is 1. The Balaban J connectivity index is 3.22. The van der Waals surface area contributed by atoms with Crippen LogP contribution >= 0.6 is 0 Å². The van der Waals surface area contributed by atoms with E-state index in [2.05, 4.69) is 10.6 Å². The van der Waals surface area contributed by atoms with Crippen LogP contribution < -0.4 is 10.6 Å². The van der Waals surface area contributed by atoms with Gasteiger partial charge in [0.05, 0.1) is 4.92 Å². The average Bonchev–Trinajstić information content (AvgIpc) is 2.27. The predicted molar refractivity (Wildman–Crippen MR) is 69.9 cm³/mol. The van der Waals surface area contributed by atoms with Crippen molar-refractivity contribution in [2.45, 2.75) is 26.8 Å². The number of nitrogens with zero attached hydrogens (tertiary/aromatic N) is 1. The summed E-state index contributed by atoms with van der Waals surface area (Å²) in [7, 11) is 0. The van der Waals surface area contributed by atoms with E-state index < -0.39 is 10.8 Å². The Morgan fingerprint density at radius 1 is 1.44 bits per heavy atom. The monoisotopic (exact) mass is 251 g/mol. The number of amides is 1. The van der Waals surface area contributed by atoms with Gasteiger partial charge in [-0.3, -0.25) is 14.9 Å². The number of nitrogens with one attached hydrogen (secondary N) is 2. The molecule has 0 unspecified atom stereocenters. The van der Waals surface area contributed by atoms with Crippen LogP contribution in [0.5, 0.6) is 0 Å². The van der Waals surface area contributed by atoms with E-state index in [4.69, 9.17) is 0 Å². The first-order chi connectivity index (χ1) is 8.47. The minimum absolute atomic E-state index is 0.0695. The minimum Gasteiger partial charge on any atom is -0.380 e. The Morgan fingerprint density at radius 3 is 2.61 bits per heavy atom. The summed E-state index contributed by atoms with van der Waals surface area (Å²) in [5.74, 6) is -0.434. The Bertz CT molecular complexity index is 458. The van der Waals surface area contributed by atoms with Gasteiger partial charge in [-0.05, 0) is 32.9 Å². The Kier molecular flexibility index (Phi) is 4.65. The van der Waals surface area contributed by atoms with Crippen LogP contribution in [0.1, 0.15) is 31.1 Å². The van der Waals surface area contributed by atoms with Gasteiger partial charge in [-0.25, -0.2) is 0 Å². The van der Waals surface area contributed by atoms with Crippen molar-refractivity contribution in [1.82, 2.24) is 5.32 Å². The fourth-order valence-electron chi connectivity index (χ4n) is 1.60. The van der Waals surface area contributed by atoms with E-state index in [9.17, 15) is 14.9 Å². The summed E-state index contributed by atoms with van der Waals surface area (Å²) < 4.78 is 0. The highest BCUT2D eigenvalue weighted by molar-refractivity contribution is 6.00. The van der Waals surface area contributed by atoms with E-state index in [0.717, 1.165) is 0 Å². The second kappa shape index (κ2) is 6.00. The zero-order valence-electron chi connectivity index (χ0n) is 10.7. The molecule has 6 nitrogen and oxygen atoms in total. The lowest BCUT2D eigenvalue weighted by molar-refractivity contribution is -0.384. The molecule has 1 amide bonds. The molecule has 0 aromatic heterocycles. The number of rotatable bonds is 5. The van der Waals surface area contributed by atoms with Crippen LogP contribution in [0.3, 0.4) is 0 Å². The lowest BCUT2D eigenvalue weighted by atomic mass is 10.1. The molecule has 0 bridgehead atoms. The third-order valence-electron chi connectivity index (χ3n) is 2.25. The second-order valence-electron chi connectivity index (χ2n) is 4.12. The maximum Gasteiger partial charge on any atom is 0.305 e. The van der Waals surface area contributed by atoms with E-state index in [1.165, 1.54) is 6.07 Å². The van der Waals surface area contributed by atoms with Gasteiger partial charge in [-0.15, -0.1) is 0 Å². The van der Waals surface area contributed by atoms with Crippen molar-refractivity contribution in [1.29, 1.82) is 0 Å². The summed E-state index contributed by atoms with van der Waals surface area (Å²) in [6.07, 6.45) is 0. The molecule has 0 spiro atoms. The molecule has 1 aromatic carbocycles. The fraction of sp³-hybridized carbons (Fsp3) is 0.417. The van der Waals surface area contributed by atoms with Crippen molar-refractivity contribution >= 4 is 17.3 Å². The number of carbonyl (C=O) groups is 1. The second-order valence-corrected chi connectivity index (χ2v) is 4.12. The molecular weight excluding hydrogens is 234 g/mol. The predicted octanol–water partition coefficient (Wildman–Crippen LogP) is 2.16. The number of benzene rings is 1. The number of nitro groups is 1. The smallest absolute Gasteiger partial charge is 0.305 e. The van der Waals surface area contributed by atoms with Crippen LogP contribution in [0.2, 0.25) is 0 Å². The number of anilines is 1. The molecule has 18 heavy (non-hydrogen) atoms. The van der Waals surface area contributed by atoms with Gasteiger partial charge in [-0.2, -0.15) is 0 Å². The van der Waals surface area contributed by atoms with E-state index in [1.54, 1.807) is 26.0 Å². The van der Waals surface area contributed by atoms with Crippen molar-refractivity contribution in [3.63, 3.8) is 0 Å². The zero-order chi connectivity index (χ0) is 13.7. The summed E-state index contributed by atoms with van der Waals surface area (Å²) in [4.78, 5) is 22.5. The summed E-state index contributed by atoms with van der Waals surface area (Å²) in [5, 5.41) is 16.6. The van der Waals surface area contributed by atoms with Crippen LogP contribution in [-0.4, -0.2) is 23.4 Å². The molecule has 0 aliphatic rings. The molecule has 0 atom stereocenters. The summed E-state index contributed by atoms with van der Waals surface area (Å²) in [6, 6.07) is 4.60. The molecule has 0 saturated carbocycles. The third kappa shape index (κ3) is 3.19. The molecule has 0 saturated heterocycles. The fourth-order valence-corrected chi connectivity index (χ4v) is 1.60. The number of hydrogen-bond acceptors (Lipinski definition) is 4. The molecule has 1 aromatic rings. The van der Waals surface area contributed by atoms with Gasteiger partial charge in [0.2, 0.25) is 0 Å². The summed E-state index contributed by atoms with van der Waals surface area (Å²) in [5.41, 5.74) is 0.253. The molecule has 0 fully saturated rings. The molecular formula is C12H17N3O3. The lowest BCUT2D eigenvalue weighted by Crippen LogP contribution is -2.30. The van der Waals surface area contributed by atoms with Gasteiger partial charge >= 0.3 is 5.69 Å². The highest BCUT2D eigenvalue weighted by Crippen LogP contribution is 2.28. The summed E-state index contributed by atoms with van der Waals surface area (Å²) in [6.45, 7) is 6.00. The first-order valence-corrected chi connectivity index (χ1v) is 5.79. The van der Waals surface area contributed by atoms with Crippen LogP contribution in [-0.2, 0) is 0 Å². The molecule has 0 heterocycles. The van der Waals surface area contributed by atoms with Gasteiger partial charge in [0.15, 0.2) is 0 Å². The average molecular weight is 251 g/mol. The Labute approximate surface area is 106 Å². The molecule has 1 rings (SSSR count). The SMILES string of the molecule is CCNc1cccc(C(=O)NC(C)C)c1[N+](=O)[O-]. The largest absolute Gasteiger partial charge is 0.380 e. The van der Waals surface area contributed by atoms with Gasteiger partial charge in [0.25, 0.3) is 5.91 Å². The minimum atomic E-state index is -0.534. The highest BCUT2D eigenvalue weighted by atomic mass is 16.6. The molecule has 0 radical (unpaired) electrons. The van der Waals surface area contributed by atoms with E-state index in [-0.39, 0.29) is 17.3 Å². The molecule has 2 N–H and O–H groups in total. The number of hydrogen-bond donors (Lipinski definition) is 2. The van der Waals surface area contributed by atoms with Crippen molar-refractivity contribution < 1.29 is 9.72 Å². The Morgan fingerprint density at radius 2 is 2.11 bits per heavy atom. The maximum atomic E-state index is 11.9. The lowest BCUT2D eigenvalue weighted by Gasteiger charge is -2.11. The number of nitro benzene ring substituents is 1. The normalized spacial score (nSPS) is 10.2. The van der Waals surface area contributed by atoms with Gasteiger partial charge in [0.1, 0.15) is 11.3 Å². The van der Waals surface area contributed by atoms with Crippen LogP contribution in [0.25, 0.3) is 0 Å². The third-order valence-corrected chi connectivity index (χ3v) is 2.25. The van der Waals surface area contributed by atoms with Crippen molar-refractivity contribution in [2.75, 3.05) is 11.9 Å². The highest BCUT2D eigenvalue weighted by Gasteiger charge is 2.24. The van der Waals surface area contributed by atoms with E-state index in [0.29, 0.717) is 12.2 Å². The standard InChI is InChI=1S/C12H17N3O3/c1-4-13-10-7-5-6-9(11(10)15(17)18)12(16)14-8(2)3/h5-8,13H,4H2,1-3H3,(H,14,16). The van der Waals surface area contributed by atoms with Crippen LogP contribution in [0.15, 0.2) is 18.2 Å². The molecule has 98 valence electrons. The topological polar surface area (TPSA) is 84.3 Å². The van der Waals surface area contributed by atoms with Crippen molar-refractivity contribution in [3.8, 4) is 0 Å². The quantitative estimate of drug-likeness (QED) is 0.620. The molecule has 6 heteroatoms. The van der Waals surface area contributed by atoms with Gasteiger partial charge in [0, 0.05) is 12.6 Å². The number of para-hydroxylation sites is 1. The first kappa shape index (κ1) is 14.0. The Hall–Kier alpha value is -2.11. The van der Waals surface area contributed by atoms with Gasteiger partial charge in [-0.1, -0.05) is 6.07 Å². The van der Waals surface area contributed by atoms with Crippen molar-refractivity contribution in [3.05, 3.63) is 33.9 Å². The van der Waals surface area contributed by atoms with E-state index >= 15 is 0 Å². The maximum absolute atomic E-state index is 11.9. The first-order valence-electron chi connectivity index (χ1n) is 5.79. The summed E-state index contributed by atoms with van der Waals surface area (Å²) >= 11 is 0. The zero-order valence-corrected chi connectivity index (χ0v) is 10.7. The van der Waals surface area contributed by atoms with Crippen LogP contribution in [0, 0.1) is 10.1 Å². The van der Waals surface area contributed by atoms with Gasteiger partial charge < -0.3 is 10.6 Å². The van der Waals surface area contributed by atoms with Crippen molar-refractivity contribution in [2.24, 2.45) is 0 Å². The molecule has 0 aliphatic heterocycles. The van der Waals surface area contributed by atoms with Crippen LogP contribution in [0.4, 0.5) is 11.4 Å².